The van der Waals surface area contributed by atoms with E-state index in [4.69, 9.17) is 34.0 Å². The van der Waals surface area contributed by atoms with Crippen LogP contribution in [0.15, 0.2) is 18.2 Å². The standard InChI is InChI=1S/C13H13Cl2N2O4/c14-7-4-5-8(9(15)6-7)12(19)17-10(13(20)21)2-1-3-11(16)18/h4-6,10,16H,1-3H2,(H,17,19)(H,20,21). The Balaban J connectivity index is 2.72. The summed E-state index contributed by atoms with van der Waals surface area (Å²) < 4.78 is 0. The van der Waals surface area contributed by atoms with Crippen LogP contribution < -0.4 is 11.1 Å². The highest BCUT2D eigenvalue weighted by molar-refractivity contribution is 6.36. The summed E-state index contributed by atoms with van der Waals surface area (Å²) >= 11 is 11.6. The summed E-state index contributed by atoms with van der Waals surface area (Å²) in [6.45, 7) is 0. The lowest BCUT2D eigenvalue weighted by atomic mass is 10.1. The monoisotopic (exact) mass is 331 g/mol. The average molecular weight is 332 g/mol. The minimum absolute atomic E-state index is 0.0525. The highest BCUT2D eigenvalue weighted by atomic mass is 35.5. The van der Waals surface area contributed by atoms with E-state index in [1.165, 1.54) is 18.2 Å². The molecule has 21 heavy (non-hydrogen) atoms. The van der Waals surface area contributed by atoms with Crippen LogP contribution in [0.2, 0.25) is 10.0 Å². The molecule has 1 aromatic rings. The number of halogens is 2. The molecular weight excluding hydrogens is 319 g/mol. The molecule has 0 bridgehead atoms. The average Bonchev–Trinajstić information content (AvgIpc) is 2.36. The maximum atomic E-state index is 12.0. The molecule has 0 aromatic heterocycles. The topological polar surface area (TPSA) is 107 Å². The molecule has 1 unspecified atom stereocenters. The van der Waals surface area contributed by atoms with Crippen molar-refractivity contribution >= 4 is 41.0 Å². The van der Waals surface area contributed by atoms with Crippen LogP contribution in [0.1, 0.15) is 29.6 Å². The number of nitrogens with one attached hydrogen (secondary N) is 2. The number of rotatable bonds is 7. The molecule has 3 N–H and O–H groups in total. The predicted octanol–water partition coefficient (Wildman–Crippen LogP) is 2.16. The summed E-state index contributed by atoms with van der Waals surface area (Å²) in [7, 11) is 0. The largest absolute Gasteiger partial charge is 0.480 e. The molecule has 2 amide bonds. The Morgan fingerprint density at radius 3 is 2.48 bits per heavy atom. The highest BCUT2D eigenvalue weighted by Gasteiger charge is 2.21. The zero-order chi connectivity index (χ0) is 16.0. The Morgan fingerprint density at radius 2 is 1.95 bits per heavy atom. The SMILES string of the molecule is [NH]C(=O)CCCC(NC(=O)c1ccc(Cl)cc1Cl)C(=O)O. The molecule has 1 radical (unpaired) electrons. The van der Waals surface area contributed by atoms with E-state index >= 15 is 0 Å². The first kappa shape index (κ1) is 17.3. The Labute approximate surface area is 131 Å². The second-order valence-corrected chi connectivity index (χ2v) is 5.15. The van der Waals surface area contributed by atoms with Crippen LogP contribution in [-0.4, -0.2) is 28.9 Å². The highest BCUT2D eigenvalue weighted by Crippen LogP contribution is 2.21. The second-order valence-electron chi connectivity index (χ2n) is 4.30. The van der Waals surface area contributed by atoms with Crippen LogP contribution in [-0.2, 0) is 9.59 Å². The number of carboxylic acids is 1. The van der Waals surface area contributed by atoms with E-state index in [1.54, 1.807) is 0 Å². The molecule has 0 heterocycles. The zero-order valence-electron chi connectivity index (χ0n) is 10.9. The van der Waals surface area contributed by atoms with Crippen molar-refractivity contribution in [3.8, 4) is 0 Å². The Bertz CT molecular complexity index is 563. The van der Waals surface area contributed by atoms with Crippen LogP contribution in [0.5, 0.6) is 0 Å². The van der Waals surface area contributed by atoms with Gasteiger partial charge in [0, 0.05) is 11.4 Å². The fraction of sp³-hybridized carbons (Fsp3) is 0.308. The van der Waals surface area contributed by atoms with Gasteiger partial charge in [0.2, 0.25) is 5.91 Å². The molecule has 1 aromatic carbocycles. The molecule has 113 valence electrons. The van der Waals surface area contributed by atoms with Crippen molar-refractivity contribution in [2.24, 2.45) is 0 Å². The summed E-state index contributed by atoms with van der Waals surface area (Å²) in [4.78, 5) is 33.6. The van der Waals surface area contributed by atoms with Crippen molar-refractivity contribution in [3.05, 3.63) is 33.8 Å². The number of hydrogen-bond donors (Lipinski definition) is 2. The van der Waals surface area contributed by atoms with Crippen molar-refractivity contribution in [1.29, 1.82) is 0 Å². The minimum atomic E-state index is -1.22. The third-order valence-corrected chi connectivity index (χ3v) is 3.22. The Morgan fingerprint density at radius 1 is 1.29 bits per heavy atom. The van der Waals surface area contributed by atoms with Crippen molar-refractivity contribution in [2.45, 2.75) is 25.3 Å². The first-order chi connectivity index (χ1) is 9.81. The summed E-state index contributed by atoms with van der Waals surface area (Å²) in [5, 5.41) is 11.9. The van der Waals surface area contributed by atoms with Gasteiger partial charge in [0.1, 0.15) is 6.04 Å². The number of hydrogen-bond acceptors (Lipinski definition) is 3. The number of carboxylic acid groups (broad SMARTS) is 1. The minimum Gasteiger partial charge on any atom is -0.480 e. The number of amides is 2. The van der Waals surface area contributed by atoms with Gasteiger partial charge in [0.15, 0.2) is 0 Å². The van der Waals surface area contributed by atoms with Crippen LogP contribution >= 0.6 is 23.2 Å². The van der Waals surface area contributed by atoms with Gasteiger partial charge >= 0.3 is 5.97 Å². The van der Waals surface area contributed by atoms with Gasteiger partial charge in [-0.3, -0.25) is 15.3 Å². The first-order valence-electron chi connectivity index (χ1n) is 6.04. The molecule has 0 fully saturated rings. The number of aliphatic carboxylic acids is 1. The van der Waals surface area contributed by atoms with E-state index in [-0.39, 0.29) is 29.8 Å². The Hall–Kier alpha value is -1.79. The smallest absolute Gasteiger partial charge is 0.326 e. The van der Waals surface area contributed by atoms with Crippen LogP contribution in [0.4, 0.5) is 0 Å². The third-order valence-electron chi connectivity index (χ3n) is 2.68. The van der Waals surface area contributed by atoms with E-state index < -0.39 is 23.8 Å². The summed E-state index contributed by atoms with van der Waals surface area (Å²) in [6, 6.07) is 3.10. The number of carbonyl (C=O) groups excluding carboxylic acids is 2. The molecule has 6 nitrogen and oxygen atoms in total. The van der Waals surface area contributed by atoms with Crippen molar-refractivity contribution in [2.75, 3.05) is 0 Å². The van der Waals surface area contributed by atoms with E-state index in [1.807, 2.05) is 0 Å². The van der Waals surface area contributed by atoms with Crippen molar-refractivity contribution in [1.82, 2.24) is 11.1 Å². The van der Waals surface area contributed by atoms with E-state index in [9.17, 15) is 14.4 Å². The van der Waals surface area contributed by atoms with Crippen molar-refractivity contribution < 1.29 is 19.5 Å². The first-order valence-corrected chi connectivity index (χ1v) is 6.80. The normalized spacial score (nSPS) is 11.7. The van der Waals surface area contributed by atoms with E-state index in [0.717, 1.165) is 0 Å². The predicted molar refractivity (Wildman–Crippen MR) is 77.3 cm³/mol. The molecule has 0 spiro atoms. The fourth-order valence-corrected chi connectivity index (χ4v) is 2.13. The molecule has 8 heteroatoms. The molecule has 0 aliphatic heterocycles. The molecular formula is C13H13Cl2N2O4. The summed E-state index contributed by atoms with van der Waals surface area (Å²) in [5.74, 6) is -2.63. The van der Waals surface area contributed by atoms with E-state index in [0.29, 0.717) is 5.02 Å². The number of benzene rings is 1. The van der Waals surface area contributed by atoms with Gasteiger partial charge in [-0.2, -0.15) is 0 Å². The van der Waals surface area contributed by atoms with Gasteiger partial charge in [0.25, 0.3) is 5.91 Å². The fourth-order valence-electron chi connectivity index (χ4n) is 1.63. The zero-order valence-corrected chi connectivity index (χ0v) is 12.4. The summed E-state index contributed by atoms with van der Waals surface area (Å²) in [5.41, 5.74) is 6.86. The van der Waals surface area contributed by atoms with Crippen LogP contribution in [0, 0.1) is 0 Å². The second kappa shape index (κ2) is 7.85. The molecule has 0 aliphatic carbocycles. The van der Waals surface area contributed by atoms with Gasteiger partial charge < -0.3 is 10.4 Å². The van der Waals surface area contributed by atoms with Gasteiger partial charge in [-0.15, -0.1) is 0 Å². The molecule has 0 saturated carbocycles. The lowest BCUT2D eigenvalue weighted by Crippen LogP contribution is -2.40. The quantitative estimate of drug-likeness (QED) is 0.797. The Kier molecular flexibility index (Phi) is 6.45. The van der Waals surface area contributed by atoms with Gasteiger partial charge in [-0.05, 0) is 31.0 Å². The van der Waals surface area contributed by atoms with Crippen LogP contribution in [0.3, 0.4) is 0 Å². The molecule has 0 aliphatic rings. The lowest BCUT2D eigenvalue weighted by Gasteiger charge is -2.14. The lowest BCUT2D eigenvalue weighted by molar-refractivity contribution is -0.139. The molecule has 1 atom stereocenters. The van der Waals surface area contributed by atoms with Crippen molar-refractivity contribution in [3.63, 3.8) is 0 Å². The van der Waals surface area contributed by atoms with Crippen LogP contribution in [0.25, 0.3) is 0 Å². The third kappa shape index (κ3) is 5.61. The number of carbonyl (C=O) groups is 3. The van der Waals surface area contributed by atoms with Gasteiger partial charge in [0.05, 0.1) is 10.6 Å². The maximum absolute atomic E-state index is 12.0. The summed E-state index contributed by atoms with van der Waals surface area (Å²) in [6.07, 6.45) is 0.201. The maximum Gasteiger partial charge on any atom is 0.326 e. The van der Waals surface area contributed by atoms with E-state index in [2.05, 4.69) is 5.32 Å². The van der Waals surface area contributed by atoms with Gasteiger partial charge in [-0.1, -0.05) is 23.2 Å². The molecule has 0 saturated heterocycles. The molecule has 1 rings (SSSR count). The van der Waals surface area contributed by atoms with Gasteiger partial charge in [-0.25, -0.2) is 4.79 Å².